The highest BCUT2D eigenvalue weighted by atomic mass is 32.2. The number of aliphatic hydroxyl groups is 1. The molecule has 0 amide bonds. The molecule has 1 aliphatic heterocycles. The van der Waals surface area contributed by atoms with Crippen LogP contribution in [0.15, 0.2) is 0 Å². The van der Waals surface area contributed by atoms with Gasteiger partial charge in [0.2, 0.25) is 0 Å². The monoisotopic (exact) mass is 194 g/mol. The molecule has 0 saturated carbocycles. The molecule has 1 fully saturated rings. The fourth-order valence-corrected chi connectivity index (χ4v) is 2.83. The van der Waals surface area contributed by atoms with Crippen LogP contribution in [0.2, 0.25) is 0 Å². The van der Waals surface area contributed by atoms with E-state index in [0.717, 1.165) is 0 Å². The third-order valence-corrected chi connectivity index (χ3v) is 4.29. The van der Waals surface area contributed by atoms with Crippen LogP contribution in [0.5, 0.6) is 0 Å². The van der Waals surface area contributed by atoms with Crippen LogP contribution in [-0.2, 0) is 14.6 Å². The number of aliphatic hydroxyl groups excluding tert-OH is 1. The molecule has 1 aliphatic rings. The zero-order valence-electron chi connectivity index (χ0n) is 6.90. The first-order valence-corrected chi connectivity index (χ1v) is 5.78. The largest absolute Gasteiger partial charge is 0.395 e. The molecule has 0 aromatic carbocycles. The van der Waals surface area contributed by atoms with Gasteiger partial charge in [0, 0.05) is 13.2 Å². The molecule has 1 rings (SSSR count). The van der Waals surface area contributed by atoms with Gasteiger partial charge in [-0.05, 0) is 12.8 Å². The van der Waals surface area contributed by atoms with E-state index in [9.17, 15) is 8.42 Å². The van der Waals surface area contributed by atoms with Crippen molar-refractivity contribution in [2.75, 3.05) is 25.6 Å². The van der Waals surface area contributed by atoms with Gasteiger partial charge < -0.3 is 9.84 Å². The summed E-state index contributed by atoms with van der Waals surface area (Å²) >= 11 is 0. The lowest BCUT2D eigenvalue weighted by Crippen LogP contribution is -2.31. The second-order valence-corrected chi connectivity index (χ2v) is 5.30. The Morgan fingerprint density at radius 3 is 2.42 bits per heavy atom. The van der Waals surface area contributed by atoms with E-state index in [-0.39, 0.29) is 17.6 Å². The Bertz CT molecular complexity index is 216. The van der Waals surface area contributed by atoms with Gasteiger partial charge in [-0.2, -0.15) is 0 Å². The highest BCUT2D eigenvalue weighted by Crippen LogP contribution is 2.15. The minimum absolute atomic E-state index is 0.113. The average Bonchev–Trinajstić information content (AvgIpc) is 2.06. The van der Waals surface area contributed by atoms with Gasteiger partial charge in [-0.25, -0.2) is 8.42 Å². The van der Waals surface area contributed by atoms with Crippen LogP contribution in [-0.4, -0.2) is 44.3 Å². The summed E-state index contributed by atoms with van der Waals surface area (Å²) in [4.78, 5) is 0. The topological polar surface area (TPSA) is 63.6 Å². The Labute approximate surface area is 72.5 Å². The number of rotatable bonds is 3. The summed E-state index contributed by atoms with van der Waals surface area (Å²) in [6.45, 7) is 0.768. The fourth-order valence-electron chi connectivity index (χ4n) is 1.33. The van der Waals surface area contributed by atoms with Gasteiger partial charge in [0.05, 0.1) is 17.6 Å². The van der Waals surface area contributed by atoms with Crippen LogP contribution >= 0.6 is 0 Å². The number of hydrogen-bond donors (Lipinski definition) is 1. The number of ether oxygens (including phenoxy) is 1. The third kappa shape index (κ3) is 2.43. The van der Waals surface area contributed by atoms with Crippen molar-refractivity contribution in [3.8, 4) is 0 Å². The quantitative estimate of drug-likeness (QED) is 0.662. The molecule has 0 atom stereocenters. The van der Waals surface area contributed by atoms with Crippen LogP contribution < -0.4 is 0 Å². The summed E-state index contributed by atoms with van der Waals surface area (Å²) in [7, 11) is -3.06. The van der Waals surface area contributed by atoms with Crippen molar-refractivity contribution in [1.82, 2.24) is 0 Å². The van der Waals surface area contributed by atoms with E-state index >= 15 is 0 Å². The van der Waals surface area contributed by atoms with Crippen LogP contribution in [0, 0.1) is 0 Å². The van der Waals surface area contributed by atoms with Crippen molar-refractivity contribution >= 4 is 9.84 Å². The van der Waals surface area contributed by atoms with Crippen LogP contribution in [0.25, 0.3) is 0 Å². The first-order chi connectivity index (χ1) is 5.67. The summed E-state index contributed by atoms with van der Waals surface area (Å²) in [5.74, 6) is -0.113. The van der Waals surface area contributed by atoms with Gasteiger partial charge >= 0.3 is 0 Å². The van der Waals surface area contributed by atoms with Crippen molar-refractivity contribution in [1.29, 1.82) is 0 Å². The zero-order valence-corrected chi connectivity index (χ0v) is 7.72. The van der Waals surface area contributed by atoms with Crippen LogP contribution in [0.4, 0.5) is 0 Å². The van der Waals surface area contributed by atoms with Crippen LogP contribution in [0.1, 0.15) is 12.8 Å². The van der Waals surface area contributed by atoms with Crippen molar-refractivity contribution in [3.05, 3.63) is 0 Å². The molecular formula is C7H14O4S. The lowest BCUT2D eigenvalue weighted by Gasteiger charge is -2.21. The Hall–Kier alpha value is -0.130. The molecule has 0 bridgehead atoms. The van der Waals surface area contributed by atoms with E-state index in [2.05, 4.69) is 0 Å². The second-order valence-electron chi connectivity index (χ2n) is 2.90. The van der Waals surface area contributed by atoms with E-state index in [1.54, 1.807) is 0 Å². The van der Waals surface area contributed by atoms with Crippen molar-refractivity contribution in [3.63, 3.8) is 0 Å². The summed E-state index contributed by atoms with van der Waals surface area (Å²) in [6.07, 6.45) is 1.14. The minimum atomic E-state index is -3.06. The number of hydrogen-bond acceptors (Lipinski definition) is 4. The maximum atomic E-state index is 11.4. The predicted molar refractivity (Wildman–Crippen MR) is 44.7 cm³/mol. The van der Waals surface area contributed by atoms with Crippen molar-refractivity contribution in [2.24, 2.45) is 0 Å². The summed E-state index contributed by atoms with van der Waals surface area (Å²) < 4.78 is 27.8. The summed E-state index contributed by atoms with van der Waals surface area (Å²) in [6, 6.07) is 0. The van der Waals surface area contributed by atoms with E-state index in [1.165, 1.54) is 0 Å². The summed E-state index contributed by atoms with van der Waals surface area (Å²) in [5, 5.41) is 8.23. The third-order valence-electron chi connectivity index (χ3n) is 2.05. The van der Waals surface area contributed by atoms with Crippen molar-refractivity contribution < 1.29 is 18.3 Å². The Morgan fingerprint density at radius 2 is 1.92 bits per heavy atom. The highest BCUT2D eigenvalue weighted by Gasteiger charge is 2.26. The molecule has 0 unspecified atom stereocenters. The SMILES string of the molecule is O=S(=O)(CCO)C1CCOCC1. The van der Waals surface area contributed by atoms with Gasteiger partial charge in [-0.1, -0.05) is 0 Å². The molecule has 0 aromatic heterocycles. The maximum absolute atomic E-state index is 11.4. The fraction of sp³-hybridized carbons (Fsp3) is 1.00. The smallest absolute Gasteiger partial charge is 0.155 e. The first kappa shape index (κ1) is 9.95. The van der Waals surface area contributed by atoms with Gasteiger partial charge in [0.1, 0.15) is 0 Å². The minimum Gasteiger partial charge on any atom is -0.395 e. The average molecular weight is 194 g/mol. The van der Waals surface area contributed by atoms with E-state index < -0.39 is 9.84 Å². The second kappa shape index (κ2) is 4.20. The van der Waals surface area contributed by atoms with E-state index in [1.807, 2.05) is 0 Å². The standard InChI is InChI=1S/C7H14O4S/c8-3-6-12(9,10)7-1-4-11-5-2-7/h7-8H,1-6H2. The molecule has 0 aromatic rings. The Kier molecular flexibility index (Phi) is 3.49. The molecule has 1 saturated heterocycles. The number of sulfone groups is 1. The Morgan fingerprint density at radius 1 is 1.33 bits per heavy atom. The molecule has 4 nitrogen and oxygen atoms in total. The van der Waals surface area contributed by atoms with Crippen LogP contribution in [0.3, 0.4) is 0 Å². The van der Waals surface area contributed by atoms with Gasteiger partial charge in [-0.3, -0.25) is 0 Å². The van der Waals surface area contributed by atoms with Gasteiger partial charge in [-0.15, -0.1) is 0 Å². The van der Waals surface area contributed by atoms with E-state index in [4.69, 9.17) is 9.84 Å². The highest BCUT2D eigenvalue weighted by molar-refractivity contribution is 7.92. The molecular weight excluding hydrogens is 180 g/mol. The maximum Gasteiger partial charge on any atom is 0.155 e. The van der Waals surface area contributed by atoms with Gasteiger partial charge in [0.25, 0.3) is 0 Å². The van der Waals surface area contributed by atoms with Gasteiger partial charge in [0.15, 0.2) is 9.84 Å². The molecule has 0 spiro atoms. The Balaban J connectivity index is 2.54. The molecule has 1 heterocycles. The molecule has 0 aliphatic carbocycles. The predicted octanol–water partition coefficient (Wildman–Crippen LogP) is -0.427. The van der Waals surface area contributed by atoms with E-state index in [0.29, 0.717) is 26.1 Å². The lowest BCUT2D eigenvalue weighted by atomic mass is 10.2. The molecule has 0 radical (unpaired) electrons. The summed E-state index contributed by atoms with van der Waals surface area (Å²) in [5.41, 5.74) is 0. The lowest BCUT2D eigenvalue weighted by molar-refractivity contribution is 0.0982. The first-order valence-electron chi connectivity index (χ1n) is 4.07. The molecule has 12 heavy (non-hydrogen) atoms. The van der Waals surface area contributed by atoms with Crippen molar-refractivity contribution in [2.45, 2.75) is 18.1 Å². The molecule has 5 heteroatoms. The molecule has 1 N–H and O–H groups in total. The zero-order chi connectivity index (χ0) is 9.03. The molecule has 72 valence electrons. The normalized spacial score (nSPS) is 21.1.